The van der Waals surface area contributed by atoms with Gasteiger partial charge >= 0.3 is 0 Å². The summed E-state index contributed by atoms with van der Waals surface area (Å²) in [6, 6.07) is 4.25. The normalized spacial score (nSPS) is 16.8. The number of guanidine groups is 1. The van der Waals surface area contributed by atoms with Gasteiger partial charge in [-0.15, -0.1) is 0 Å². The SMILES string of the molecule is CN=C(NCc1c(C)nn(C)c1C)NCC(c1ccco1)N1CCCC1. The van der Waals surface area contributed by atoms with E-state index in [1.165, 1.54) is 24.1 Å². The lowest BCUT2D eigenvalue weighted by molar-refractivity contribution is 0.215. The fourth-order valence-electron chi connectivity index (χ4n) is 3.60. The maximum atomic E-state index is 5.68. The van der Waals surface area contributed by atoms with Gasteiger partial charge in [-0.25, -0.2) is 0 Å². The summed E-state index contributed by atoms with van der Waals surface area (Å²) in [6.45, 7) is 7.84. The van der Waals surface area contributed by atoms with Gasteiger partial charge in [-0.1, -0.05) is 0 Å². The van der Waals surface area contributed by atoms with Gasteiger partial charge in [0, 0.05) is 38.4 Å². The van der Waals surface area contributed by atoms with E-state index >= 15 is 0 Å². The Hall–Kier alpha value is -2.28. The van der Waals surface area contributed by atoms with Gasteiger partial charge in [0.1, 0.15) is 5.76 Å². The standard InChI is InChI=1S/C19H30N6O/c1-14-16(15(2)24(4)23-14)12-21-19(20-3)22-13-17(18-8-7-11-26-18)25-9-5-6-10-25/h7-8,11,17H,5-6,9-10,12-13H2,1-4H3,(H2,20,21,22). The van der Waals surface area contributed by atoms with Gasteiger partial charge in [0.05, 0.1) is 18.0 Å². The molecule has 2 N–H and O–H groups in total. The first-order valence-electron chi connectivity index (χ1n) is 9.31. The van der Waals surface area contributed by atoms with Crippen molar-refractivity contribution in [2.24, 2.45) is 12.0 Å². The van der Waals surface area contributed by atoms with E-state index in [1.54, 1.807) is 13.3 Å². The van der Waals surface area contributed by atoms with Crippen molar-refractivity contribution in [1.29, 1.82) is 0 Å². The molecule has 0 amide bonds. The Morgan fingerprint density at radius 3 is 2.65 bits per heavy atom. The van der Waals surface area contributed by atoms with Gasteiger partial charge in [0.25, 0.3) is 0 Å². The number of likely N-dealkylation sites (tertiary alicyclic amines) is 1. The molecule has 0 bridgehead atoms. The lowest BCUT2D eigenvalue weighted by Crippen LogP contribution is -2.42. The molecule has 1 aliphatic rings. The maximum absolute atomic E-state index is 5.68. The van der Waals surface area contributed by atoms with Crippen LogP contribution in [0.4, 0.5) is 0 Å². The number of furan rings is 1. The summed E-state index contributed by atoms with van der Waals surface area (Å²) in [5.74, 6) is 1.80. The van der Waals surface area contributed by atoms with Crippen LogP contribution in [0.15, 0.2) is 27.8 Å². The molecule has 3 heterocycles. The fraction of sp³-hybridized carbons (Fsp3) is 0.579. The largest absolute Gasteiger partial charge is 0.468 e. The van der Waals surface area contributed by atoms with Crippen LogP contribution in [-0.2, 0) is 13.6 Å². The predicted octanol–water partition coefficient (Wildman–Crippen LogP) is 2.13. The fourth-order valence-corrected chi connectivity index (χ4v) is 3.60. The molecule has 7 heteroatoms. The molecule has 0 aromatic carbocycles. The summed E-state index contributed by atoms with van der Waals surface area (Å²) in [4.78, 5) is 6.85. The second kappa shape index (κ2) is 8.40. The van der Waals surface area contributed by atoms with Crippen molar-refractivity contribution >= 4 is 5.96 Å². The summed E-state index contributed by atoms with van der Waals surface area (Å²) in [5, 5.41) is 11.3. The monoisotopic (exact) mass is 358 g/mol. The predicted molar refractivity (Wildman–Crippen MR) is 103 cm³/mol. The van der Waals surface area contributed by atoms with Gasteiger partial charge in [-0.05, 0) is 51.9 Å². The van der Waals surface area contributed by atoms with Crippen LogP contribution in [0.25, 0.3) is 0 Å². The molecule has 0 aliphatic carbocycles. The van der Waals surface area contributed by atoms with Crippen LogP contribution in [0, 0.1) is 13.8 Å². The Kier molecular flexibility index (Phi) is 5.98. The molecular formula is C19H30N6O. The van der Waals surface area contributed by atoms with Crippen LogP contribution in [0.1, 0.15) is 41.6 Å². The molecule has 0 saturated carbocycles. The van der Waals surface area contributed by atoms with Crippen LogP contribution in [0.2, 0.25) is 0 Å². The van der Waals surface area contributed by atoms with Gasteiger partial charge in [-0.2, -0.15) is 5.10 Å². The average Bonchev–Trinajstić information content (AvgIpc) is 3.37. The first-order chi connectivity index (χ1) is 12.6. The van der Waals surface area contributed by atoms with Crippen molar-refractivity contribution in [3.05, 3.63) is 41.1 Å². The van der Waals surface area contributed by atoms with Crippen molar-refractivity contribution in [2.45, 2.75) is 39.3 Å². The number of aromatic nitrogens is 2. The third kappa shape index (κ3) is 4.09. The number of hydrogen-bond acceptors (Lipinski definition) is 4. The highest BCUT2D eigenvalue weighted by Crippen LogP contribution is 2.24. The zero-order valence-corrected chi connectivity index (χ0v) is 16.2. The number of aliphatic imine (C=N–C) groups is 1. The summed E-state index contributed by atoms with van der Waals surface area (Å²) in [7, 11) is 3.78. The number of aryl methyl sites for hydroxylation is 2. The number of nitrogens with zero attached hydrogens (tertiary/aromatic N) is 4. The first-order valence-corrected chi connectivity index (χ1v) is 9.31. The molecule has 1 unspecified atom stereocenters. The lowest BCUT2D eigenvalue weighted by atomic mass is 10.2. The van der Waals surface area contributed by atoms with Gasteiger partial charge in [0.2, 0.25) is 0 Å². The van der Waals surface area contributed by atoms with Crippen molar-refractivity contribution < 1.29 is 4.42 Å². The summed E-state index contributed by atoms with van der Waals surface area (Å²) in [6.07, 6.45) is 4.26. The molecule has 2 aromatic heterocycles. The van der Waals surface area contributed by atoms with Gasteiger partial charge in [0.15, 0.2) is 5.96 Å². The smallest absolute Gasteiger partial charge is 0.191 e. The Bertz CT molecular complexity index is 728. The molecular weight excluding hydrogens is 328 g/mol. The summed E-state index contributed by atoms with van der Waals surface area (Å²) < 4.78 is 7.60. The number of nitrogens with one attached hydrogen (secondary N) is 2. The Labute approximate surface area is 155 Å². The zero-order chi connectivity index (χ0) is 18.5. The molecule has 142 valence electrons. The second-order valence-electron chi connectivity index (χ2n) is 6.85. The van der Waals surface area contributed by atoms with E-state index in [0.29, 0.717) is 6.54 Å². The van der Waals surface area contributed by atoms with Crippen molar-refractivity contribution in [1.82, 2.24) is 25.3 Å². The molecule has 7 nitrogen and oxygen atoms in total. The molecule has 26 heavy (non-hydrogen) atoms. The molecule has 1 atom stereocenters. The van der Waals surface area contributed by atoms with Crippen LogP contribution < -0.4 is 10.6 Å². The molecule has 0 radical (unpaired) electrons. The van der Waals surface area contributed by atoms with E-state index in [9.17, 15) is 0 Å². The van der Waals surface area contributed by atoms with E-state index in [-0.39, 0.29) is 6.04 Å². The van der Waals surface area contributed by atoms with Crippen molar-refractivity contribution in [2.75, 3.05) is 26.7 Å². The average molecular weight is 358 g/mol. The van der Waals surface area contributed by atoms with Crippen LogP contribution >= 0.6 is 0 Å². The van der Waals surface area contributed by atoms with Gasteiger partial charge < -0.3 is 15.1 Å². The Balaban J connectivity index is 1.60. The second-order valence-corrected chi connectivity index (χ2v) is 6.85. The third-order valence-corrected chi connectivity index (χ3v) is 5.23. The zero-order valence-electron chi connectivity index (χ0n) is 16.2. The number of hydrogen-bond donors (Lipinski definition) is 2. The first kappa shape index (κ1) is 18.5. The highest BCUT2D eigenvalue weighted by atomic mass is 16.3. The molecule has 1 saturated heterocycles. The molecule has 1 fully saturated rings. The quantitative estimate of drug-likeness (QED) is 0.611. The van der Waals surface area contributed by atoms with E-state index in [1.807, 2.05) is 24.7 Å². The molecule has 2 aromatic rings. The molecule has 0 spiro atoms. The van der Waals surface area contributed by atoms with E-state index in [4.69, 9.17) is 4.42 Å². The highest BCUT2D eigenvalue weighted by molar-refractivity contribution is 5.79. The van der Waals surface area contributed by atoms with Crippen molar-refractivity contribution in [3.8, 4) is 0 Å². The maximum Gasteiger partial charge on any atom is 0.191 e. The Morgan fingerprint density at radius 1 is 1.31 bits per heavy atom. The topological polar surface area (TPSA) is 70.6 Å². The van der Waals surface area contributed by atoms with Crippen LogP contribution in [-0.4, -0.2) is 47.3 Å². The van der Waals surface area contributed by atoms with E-state index in [2.05, 4.69) is 38.6 Å². The highest BCUT2D eigenvalue weighted by Gasteiger charge is 2.25. The molecule has 3 rings (SSSR count). The minimum Gasteiger partial charge on any atom is -0.468 e. The minimum absolute atomic E-state index is 0.230. The third-order valence-electron chi connectivity index (χ3n) is 5.23. The summed E-state index contributed by atoms with van der Waals surface area (Å²) in [5.41, 5.74) is 3.45. The molecule has 1 aliphatic heterocycles. The van der Waals surface area contributed by atoms with Crippen LogP contribution in [0.3, 0.4) is 0 Å². The van der Waals surface area contributed by atoms with Crippen molar-refractivity contribution in [3.63, 3.8) is 0 Å². The van der Waals surface area contributed by atoms with E-state index < -0.39 is 0 Å². The lowest BCUT2D eigenvalue weighted by Gasteiger charge is -2.26. The minimum atomic E-state index is 0.230. The summed E-state index contributed by atoms with van der Waals surface area (Å²) >= 11 is 0. The Morgan fingerprint density at radius 2 is 2.08 bits per heavy atom. The van der Waals surface area contributed by atoms with E-state index in [0.717, 1.165) is 37.0 Å². The van der Waals surface area contributed by atoms with Crippen LogP contribution in [0.5, 0.6) is 0 Å². The number of rotatable bonds is 6. The van der Waals surface area contributed by atoms with Gasteiger partial charge in [-0.3, -0.25) is 14.6 Å².